The van der Waals surface area contributed by atoms with E-state index in [-0.39, 0.29) is 11.2 Å². The van der Waals surface area contributed by atoms with Crippen molar-refractivity contribution < 1.29 is 5.21 Å². The molecule has 0 unspecified atom stereocenters. The van der Waals surface area contributed by atoms with Crippen molar-refractivity contribution in [1.29, 1.82) is 10.7 Å². The maximum Gasteiger partial charge on any atom is 0.197 e. The van der Waals surface area contributed by atoms with Gasteiger partial charge in [-0.1, -0.05) is 96.8 Å². The van der Waals surface area contributed by atoms with Crippen molar-refractivity contribution in [2.75, 3.05) is 0 Å². The highest BCUT2D eigenvalue weighted by molar-refractivity contribution is 5.17. The second-order valence-corrected chi connectivity index (χ2v) is 7.59. The molecule has 0 aromatic carbocycles. The van der Waals surface area contributed by atoms with Crippen LogP contribution in [0.2, 0.25) is 0 Å². The predicted octanol–water partition coefficient (Wildman–Crippen LogP) is 5.89. The highest BCUT2D eigenvalue weighted by Crippen LogP contribution is 2.13. The lowest BCUT2D eigenvalue weighted by molar-refractivity contribution is 0.167. The van der Waals surface area contributed by atoms with Gasteiger partial charge in [0.2, 0.25) is 0 Å². The van der Waals surface area contributed by atoms with Gasteiger partial charge in [-0.05, 0) is 12.8 Å². The van der Waals surface area contributed by atoms with Crippen molar-refractivity contribution in [3.8, 4) is 6.07 Å². The van der Waals surface area contributed by atoms with E-state index in [1.165, 1.54) is 89.7 Å². The fourth-order valence-corrected chi connectivity index (χ4v) is 3.42. The van der Waals surface area contributed by atoms with Gasteiger partial charge in [-0.25, -0.2) is 4.98 Å². The zero-order chi connectivity index (χ0) is 19.7. The van der Waals surface area contributed by atoms with Gasteiger partial charge < -0.3 is 5.21 Å². The molecule has 0 aliphatic carbocycles. The van der Waals surface area contributed by atoms with Crippen LogP contribution in [0, 0.1) is 16.7 Å². The molecular weight excluding hydrogens is 336 g/mol. The van der Waals surface area contributed by atoms with Gasteiger partial charge in [0.1, 0.15) is 6.07 Å². The van der Waals surface area contributed by atoms with E-state index in [0.717, 1.165) is 19.3 Å². The molecule has 2 N–H and O–H groups in total. The third-order valence-electron chi connectivity index (χ3n) is 5.12. The van der Waals surface area contributed by atoms with Crippen LogP contribution in [-0.2, 0) is 6.42 Å². The van der Waals surface area contributed by atoms with E-state index >= 15 is 0 Å². The van der Waals surface area contributed by atoms with Gasteiger partial charge in [0.05, 0.1) is 11.9 Å². The zero-order valence-electron chi connectivity index (χ0n) is 17.2. The number of aryl methyl sites for hydroxylation is 1. The third kappa shape index (κ3) is 10.8. The number of hydrogen-bond donors (Lipinski definition) is 2. The number of unbranched alkanes of at least 4 members (excludes halogenated alkanes) is 14. The fourth-order valence-electron chi connectivity index (χ4n) is 3.42. The Bertz CT molecular complexity index is 603. The first-order chi connectivity index (χ1) is 13.2. The highest BCUT2D eigenvalue weighted by atomic mass is 16.5. The smallest absolute Gasteiger partial charge is 0.197 e. The van der Waals surface area contributed by atoms with Crippen LogP contribution in [0.25, 0.3) is 0 Å². The molecule has 1 rings (SSSR count). The van der Waals surface area contributed by atoms with Crippen LogP contribution >= 0.6 is 0 Å². The Balaban J connectivity index is 1.93. The second-order valence-electron chi connectivity index (χ2n) is 7.59. The van der Waals surface area contributed by atoms with Crippen LogP contribution in [0.15, 0.2) is 6.20 Å². The Morgan fingerprint density at radius 2 is 1.33 bits per heavy atom. The molecule has 0 radical (unpaired) electrons. The van der Waals surface area contributed by atoms with E-state index in [4.69, 9.17) is 10.7 Å². The average Bonchev–Trinajstić information content (AvgIpc) is 2.67. The molecule has 0 fully saturated rings. The summed E-state index contributed by atoms with van der Waals surface area (Å²) in [6.45, 7) is 2.27. The molecule has 1 heterocycles. The van der Waals surface area contributed by atoms with E-state index in [0.29, 0.717) is 10.4 Å². The lowest BCUT2D eigenvalue weighted by Gasteiger charge is -2.05. The highest BCUT2D eigenvalue weighted by Gasteiger charge is 2.04. The first-order valence-electron chi connectivity index (χ1n) is 11.0. The number of hydrogen-bond acceptors (Lipinski definition) is 4. The first-order valence-corrected chi connectivity index (χ1v) is 11.0. The topological polar surface area (TPSA) is 85.7 Å². The Morgan fingerprint density at radius 3 is 1.78 bits per heavy atom. The molecule has 0 saturated carbocycles. The molecule has 0 bridgehead atoms. The first kappa shape index (κ1) is 23.2. The van der Waals surface area contributed by atoms with Crippen molar-refractivity contribution >= 4 is 0 Å². The average molecular weight is 375 g/mol. The van der Waals surface area contributed by atoms with E-state index < -0.39 is 0 Å². The van der Waals surface area contributed by atoms with Crippen LogP contribution in [0.5, 0.6) is 0 Å². The summed E-state index contributed by atoms with van der Waals surface area (Å²) in [5.41, 5.74) is 0.411. The molecule has 152 valence electrons. The number of aromatic nitrogens is 2. The molecule has 1 aromatic heterocycles. The molecule has 0 aliphatic heterocycles. The minimum Gasteiger partial charge on any atom is -0.427 e. The van der Waals surface area contributed by atoms with E-state index in [9.17, 15) is 5.21 Å². The minimum absolute atomic E-state index is 0.0176. The molecule has 0 amide bonds. The normalized spacial score (nSPS) is 10.8. The van der Waals surface area contributed by atoms with Crippen molar-refractivity contribution in [2.24, 2.45) is 0 Å². The number of nitriles is 1. The molecular formula is C22H38N4O. The summed E-state index contributed by atoms with van der Waals surface area (Å²) >= 11 is 0. The zero-order valence-corrected chi connectivity index (χ0v) is 17.2. The molecule has 0 atom stereocenters. The van der Waals surface area contributed by atoms with Gasteiger partial charge in [-0.15, -0.1) is 0 Å². The Kier molecular flexibility index (Phi) is 13.1. The number of rotatable bonds is 16. The Labute approximate surface area is 164 Å². The van der Waals surface area contributed by atoms with Gasteiger partial charge in [-0.3, -0.25) is 5.41 Å². The molecule has 5 nitrogen and oxygen atoms in total. The summed E-state index contributed by atoms with van der Waals surface area (Å²) in [4.78, 5) is 4.13. The van der Waals surface area contributed by atoms with Crippen molar-refractivity contribution in [2.45, 2.75) is 110 Å². The number of nitrogens with one attached hydrogen (secondary N) is 1. The van der Waals surface area contributed by atoms with Crippen molar-refractivity contribution in [3.63, 3.8) is 0 Å². The monoisotopic (exact) mass is 374 g/mol. The van der Waals surface area contributed by atoms with E-state index in [1.807, 2.05) is 6.07 Å². The quantitative estimate of drug-likeness (QED) is 0.279. The van der Waals surface area contributed by atoms with Gasteiger partial charge in [0.15, 0.2) is 11.2 Å². The Hall–Kier alpha value is -1.83. The lowest BCUT2D eigenvalue weighted by atomic mass is 10.0. The second kappa shape index (κ2) is 15.2. The van der Waals surface area contributed by atoms with Crippen LogP contribution in [0.1, 0.15) is 115 Å². The van der Waals surface area contributed by atoms with Crippen LogP contribution in [0.4, 0.5) is 0 Å². The summed E-state index contributed by atoms with van der Waals surface area (Å²) in [7, 11) is 0. The maximum absolute atomic E-state index is 9.58. The third-order valence-corrected chi connectivity index (χ3v) is 5.12. The molecule has 27 heavy (non-hydrogen) atoms. The number of nitrogens with zero attached hydrogens (tertiary/aromatic N) is 3. The van der Waals surface area contributed by atoms with E-state index in [1.54, 1.807) is 0 Å². The van der Waals surface area contributed by atoms with Crippen LogP contribution in [-0.4, -0.2) is 14.9 Å². The summed E-state index contributed by atoms with van der Waals surface area (Å²) < 4.78 is 0.687. The molecule has 0 aliphatic rings. The summed E-state index contributed by atoms with van der Waals surface area (Å²) in [6, 6.07) is 1.85. The minimum atomic E-state index is -0.252. The van der Waals surface area contributed by atoms with Crippen molar-refractivity contribution in [1.82, 2.24) is 9.71 Å². The summed E-state index contributed by atoms with van der Waals surface area (Å²) in [5.74, 6) is 0. The Morgan fingerprint density at radius 1 is 0.889 bits per heavy atom. The van der Waals surface area contributed by atoms with Gasteiger partial charge in [0, 0.05) is 0 Å². The summed E-state index contributed by atoms with van der Waals surface area (Å²) in [6.07, 6.45) is 22.2. The van der Waals surface area contributed by atoms with Gasteiger partial charge in [0.25, 0.3) is 0 Å². The van der Waals surface area contributed by atoms with Gasteiger partial charge in [-0.2, -0.15) is 9.99 Å². The predicted molar refractivity (Wildman–Crippen MR) is 109 cm³/mol. The van der Waals surface area contributed by atoms with Crippen molar-refractivity contribution in [3.05, 3.63) is 23.1 Å². The lowest BCUT2D eigenvalue weighted by Crippen LogP contribution is -2.23. The molecule has 1 aromatic rings. The van der Waals surface area contributed by atoms with E-state index in [2.05, 4.69) is 11.9 Å². The summed E-state index contributed by atoms with van der Waals surface area (Å²) in [5, 5.41) is 26.0. The van der Waals surface area contributed by atoms with Crippen LogP contribution in [0.3, 0.4) is 0 Å². The van der Waals surface area contributed by atoms with Gasteiger partial charge >= 0.3 is 0 Å². The molecule has 0 spiro atoms. The molecule has 5 heteroatoms. The standard InChI is InChI=1S/C22H38N4O/c1-2-3-4-5-6-7-8-9-10-11-12-13-14-15-16-17-20-19-26(27)22(24)21(18-23)25-20/h19,24,27H,2-17H2,1H3. The fraction of sp³-hybridized carbons (Fsp3) is 0.773. The molecule has 0 saturated heterocycles. The largest absolute Gasteiger partial charge is 0.427 e. The van der Waals surface area contributed by atoms with Crippen LogP contribution < -0.4 is 5.49 Å². The maximum atomic E-state index is 9.58. The SMILES string of the molecule is CCCCCCCCCCCCCCCCCc1cn(O)c(=N)c(C#N)n1.